The maximum Gasteiger partial charge on any atom is 0.227 e. The van der Waals surface area contributed by atoms with Crippen LogP contribution in [0.15, 0.2) is 60.7 Å². The van der Waals surface area contributed by atoms with E-state index in [9.17, 15) is 5.11 Å². The molecule has 0 aliphatic heterocycles. The minimum Gasteiger partial charge on any atom is -0.439 e. The van der Waals surface area contributed by atoms with Crippen molar-refractivity contribution in [3.05, 3.63) is 71.9 Å². The van der Waals surface area contributed by atoms with Gasteiger partial charge in [0.05, 0.1) is 23.0 Å². The van der Waals surface area contributed by atoms with Gasteiger partial charge in [-0.2, -0.15) is 5.10 Å². The molecule has 0 bridgehead atoms. The molecule has 1 atom stereocenters. The van der Waals surface area contributed by atoms with Gasteiger partial charge in [0.1, 0.15) is 5.75 Å². The highest BCUT2D eigenvalue weighted by molar-refractivity contribution is 5.43. The van der Waals surface area contributed by atoms with Crippen molar-refractivity contribution < 1.29 is 9.84 Å². The number of hydrogen-bond acceptors (Lipinski definition) is 4. The molecule has 0 spiro atoms. The minimum atomic E-state index is -0.380. The van der Waals surface area contributed by atoms with E-state index in [1.807, 2.05) is 79.2 Å². The lowest BCUT2D eigenvalue weighted by atomic mass is 10.2. The maximum absolute atomic E-state index is 9.89. The van der Waals surface area contributed by atoms with Crippen LogP contribution in [-0.4, -0.2) is 39.0 Å². The van der Waals surface area contributed by atoms with Crippen molar-refractivity contribution in [3.63, 3.8) is 0 Å². The summed E-state index contributed by atoms with van der Waals surface area (Å²) >= 11 is 0. The van der Waals surface area contributed by atoms with E-state index in [4.69, 9.17) is 9.84 Å². The highest BCUT2D eigenvalue weighted by Crippen LogP contribution is 2.31. The van der Waals surface area contributed by atoms with Crippen molar-refractivity contribution in [1.29, 1.82) is 0 Å². The summed E-state index contributed by atoms with van der Waals surface area (Å²) in [7, 11) is 0. The Morgan fingerprint density at radius 1 is 1.07 bits per heavy atom. The Bertz CT molecular complexity index is 860. The summed E-state index contributed by atoms with van der Waals surface area (Å²) in [5, 5.41) is 14.7. The predicted molar refractivity (Wildman–Crippen MR) is 112 cm³/mol. The van der Waals surface area contributed by atoms with E-state index in [1.54, 1.807) is 0 Å². The zero-order valence-corrected chi connectivity index (χ0v) is 16.9. The van der Waals surface area contributed by atoms with Gasteiger partial charge in [0, 0.05) is 13.1 Å². The average molecular weight is 380 g/mol. The van der Waals surface area contributed by atoms with Gasteiger partial charge in [-0.05, 0) is 51.1 Å². The van der Waals surface area contributed by atoms with Gasteiger partial charge in [-0.15, -0.1) is 0 Å². The number of nitrogens with zero attached hydrogens (tertiary/aromatic N) is 3. The van der Waals surface area contributed by atoms with Crippen molar-refractivity contribution in [2.45, 2.75) is 39.8 Å². The molecule has 3 aromatic rings. The molecule has 1 aromatic heterocycles. The number of ether oxygens (including phenoxy) is 1. The van der Waals surface area contributed by atoms with Crippen LogP contribution >= 0.6 is 0 Å². The van der Waals surface area contributed by atoms with Gasteiger partial charge >= 0.3 is 0 Å². The molecule has 2 aromatic carbocycles. The zero-order chi connectivity index (χ0) is 19.9. The van der Waals surface area contributed by atoms with Crippen molar-refractivity contribution >= 4 is 0 Å². The Hall–Kier alpha value is -2.63. The Morgan fingerprint density at radius 3 is 2.32 bits per heavy atom. The van der Waals surface area contributed by atoms with E-state index in [-0.39, 0.29) is 6.10 Å². The quantitative estimate of drug-likeness (QED) is 0.592. The first kappa shape index (κ1) is 20.1. The summed E-state index contributed by atoms with van der Waals surface area (Å²) in [5.41, 5.74) is 2.93. The molecule has 5 nitrogen and oxygen atoms in total. The van der Waals surface area contributed by atoms with Crippen molar-refractivity contribution in [3.8, 4) is 17.3 Å². The van der Waals surface area contributed by atoms with Crippen LogP contribution in [0.1, 0.15) is 31.5 Å². The van der Waals surface area contributed by atoms with Crippen molar-refractivity contribution in [2.24, 2.45) is 0 Å². The van der Waals surface area contributed by atoms with E-state index in [2.05, 4.69) is 11.8 Å². The smallest absolute Gasteiger partial charge is 0.227 e. The number of aryl methyl sites for hydroxylation is 1. The second-order valence-electron chi connectivity index (χ2n) is 7.12. The van der Waals surface area contributed by atoms with E-state index < -0.39 is 0 Å². The van der Waals surface area contributed by atoms with Gasteiger partial charge in [0.25, 0.3) is 0 Å². The molecule has 0 amide bonds. The summed E-state index contributed by atoms with van der Waals surface area (Å²) < 4.78 is 8.18. The normalized spacial score (nSPS) is 12.3. The molecule has 0 fully saturated rings. The van der Waals surface area contributed by atoms with E-state index >= 15 is 0 Å². The van der Waals surface area contributed by atoms with Crippen LogP contribution in [0.5, 0.6) is 11.6 Å². The van der Waals surface area contributed by atoms with Crippen LogP contribution in [0.3, 0.4) is 0 Å². The summed E-state index contributed by atoms with van der Waals surface area (Å²) in [6, 6.07) is 19.8. The van der Waals surface area contributed by atoms with Gasteiger partial charge < -0.3 is 9.84 Å². The summed E-state index contributed by atoms with van der Waals surface area (Å²) in [6.45, 7) is 8.19. The maximum atomic E-state index is 9.89. The van der Waals surface area contributed by atoms with Gasteiger partial charge in [-0.25, -0.2) is 4.68 Å². The number of rotatable bonds is 9. The van der Waals surface area contributed by atoms with Crippen LogP contribution < -0.4 is 4.74 Å². The first-order valence-electron chi connectivity index (χ1n) is 9.85. The SMILES string of the molecule is CCCN(Cc1c(C)nn(-c2ccccc2)c1Oc1ccccc1)CC(C)O. The van der Waals surface area contributed by atoms with Crippen LogP contribution in [-0.2, 0) is 6.54 Å². The Morgan fingerprint density at radius 2 is 1.71 bits per heavy atom. The van der Waals surface area contributed by atoms with Crippen LogP contribution in [0.25, 0.3) is 5.69 Å². The summed E-state index contributed by atoms with van der Waals surface area (Å²) in [5.74, 6) is 1.50. The fourth-order valence-electron chi connectivity index (χ4n) is 3.32. The molecular formula is C23H29N3O2. The molecule has 1 N–H and O–H groups in total. The molecule has 0 saturated carbocycles. The Kier molecular flexibility index (Phi) is 6.85. The van der Waals surface area contributed by atoms with Gasteiger partial charge in [0.2, 0.25) is 5.88 Å². The Balaban J connectivity index is 2.01. The fraction of sp³-hybridized carbons (Fsp3) is 0.348. The monoisotopic (exact) mass is 379 g/mol. The molecule has 1 unspecified atom stereocenters. The first-order chi connectivity index (χ1) is 13.6. The molecule has 1 heterocycles. The van der Waals surface area contributed by atoms with Crippen molar-refractivity contribution in [1.82, 2.24) is 14.7 Å². The Labute approximate surface area is 167 Å². The number of benzene rings is 2. The third kappa shape index (κ3) is 5.00. The molecule has 0 aliphatic carbocycles. The topological polar surface area (TPSA) is 50.5 Å². The van der Waals surface area contributed by atoms with Crippen molar-refractivity contribution in [2.75, 3.05) is 13.1 Å². The number of aromatic nitrogens is 2. The lowest BCUT2D eigenvalue weighted by Crippen LogP contribution is -2.31. The molecule has 148 valence electrons. The second-order valence-corrected chi connectivity index (χ2v) is 7.12. The number of aliphatic hydroxyl groups is 1. The molecular weight excluding hydrogens is 350 g/mol. The second kappa shape index (κ2) is 9.53. The minimum absolute atomic E-state index is 0.380. The number of hydrogen-bond donors (Lipinski definition) is 1. The summed E-state index contributed by atoms with van der Waals surface area (Å²) in [4.78, 5) is 2.25. The predicted octanol–water partition coefficient (Wildman–Crippen LogP) is 4.57. The largest absolute Gasteiger partial charge is 0.439 e. The third-order valence-electron chi connectivity index (χ3n) is 4.54. The van der Waals surface area contributed by atoms with E-state index in [1.165, 1.54) is 0 Å². The highest BCUT2D eigenvalue weighted by Gasteiger charge is 2.21. The molecule has 3 rings (SSSR count). The highest BCUT2D eigenvalue weighted by atomic mass is 16.5. The van der Waals surface area contributed by atoms with Crippen LogP contribution in [0, 0.1) is 6.92 Å². The standard InChI is InChI=1S/C23H29N3O2/c1-4-15-25(16-18(2)27)17-22-19(3)24-26(20-11-7-5-8-12-20)23(22)28-21-13-9-6-10-14-21/h5-14,18,27H,4,15-17H2,1-3H3. The fourth-order valence-corrected chi connectivity index (χ4v) is 3.32. The zero-order valence-electron chi connectivity index (χ0n) is 16.9. The molecule has 28 heavy (non-hydrogen) atoms. The number of para-hydroxylation sites is 2. The van der Waals surface area contributed by atoms with Gasteiger partial charge in [0.15, 0.2) is 0 Å². The molecule has 5 heteroatoms. The van der Waals surface area contributed by atoms with Crippen LogP contribution in [0.2, 0.25) is 0 Å². The van der Waals surface area contributed by atoms with Gasteiger partial charge in [-0.1, -0.05) is 43.3 Å². The first-order valence-corrected chi connectivity index (χ1v) is 9.85. The average Bonchev–Trinajstić information content (AvgIpc) is 2.99. The van der Waals surface area contributed by atoms with Crippen LogP contribution in [0.4, 0.5) is 0 Å². The lowest BCUT2D eigenvalue weighted by Gasteiger charge is -2.23. The summed E-state index contributed by atoms with van der Waals surface area (Å²) in [6.07, 6.45) is 0.641. The van der Waals surface area contributed by atoms with Gasteiger partial charge in [-0.3, -0.25) is 4.90 Å². The number of aliphatic hydroxyl groups excluding tert-OH is 1. The molecule has 0 saturated heterocycles. The lowest BCUT2D eigenvalue weighted by molar-refractivity contribution is 0.122. The molecule has 0 radical (unpaired) electrons. The van der Waals surface area contributed by atoms with E-state index in [0.29, 0.717) is 13.1 Å². The molecule has 0 aliphatic rings. The third-order valence-corrected chi connectivity index (χ3v) is 4.54. The van der Waals surface area contributed by atoms with E-state index in [0.717, 1.165) is 41.5 Å².